The number of carbonyl (C=O) groups is 3. The van der Waals surface area contributed by atoms with Gasteiger partial charge in [-0.3, -0.25) is 14.4 Å². The van der Waals surface area contributed by atoms with Crippen molar-refractivity contribution >= 4 is 40.8 Å². The molecule has 0 atom stereocenters. The standard InChI is InChI=1S/C29H31N3O4S/c33-26(18-9-19-27(34)36-20-10-15-22-11-3-1-4-12-22)32-29(37)31-25-17-8-7-16-24(25)28(35)30-21-23-13-5-2-6-14-23/h1-8,11-14,16-17H,9-10,15,18-21H2,(H,30,35)(H2,31,32,33,37). The third kappa shape index (κ3) is 10.2. The summed E-state index contributed by atoms with van der Waals surface area (Å²) < 4.78 is 5.24. The number of carbonyl (C=O) groups excluding carboxylic acids is 3. The number of thiocarbonyl (C=S) groups is 1. The van der Waals surface area contributed by atoms with Gasteiger partial charge in [0.25, 0.3) is 5.91 Å². The number of anilines is 1. The van der Waals surface area contributed by atoms with Crippen LogP contribution in [-0.4, -0.2) is 29.5 Å². The molecule has 0 saturated heterocycles. The lowest BCUT2D eigenvalue weighted by molar-refractivity contribution is -0.143. The van der Waals surface area contributed by atoms with Crippen LogP contribution in [0, 0.1) is 0 Å². The van der Waals surface area contributed by atoms with Gasteiger partial charge < -0.3 is 20.7 Å². The minimum absolute atomic E-state index is 0.0804. The molecule has 37 heavy (non-hydrogen) atoms. The van der Waals surface area contributed by atoms with Crippen LogP contribution in [0.4, 0.5) is 5.69 Å². The predicted molar refractivity (Wildman–Crippen MR) is 148 cm³/mol. The zero-order valence-electron chi connectivity index (χ0n) is 20.6. The van der Waals surface area contributed by atoms with Gasteiger partial charge >= 0.3 is 5.97 Å². The van der Waals surface area contributed by atoms with Crippen molar-refractivity contribution in [1.82, 2.24) is 10.6 Å². The fourth-order valence-electron chi connectivity index (χ4n) is 3.58. The van der Waals surface area contributed by atoms with Crippen LogP contribution >= 0.6 is 12.2 Å². The number of amides is 2. The first-order valence-electron chi connectivity index (χ1n) is 12.2. The molecule has 192 valence electrons. The Hall–Kier alpha value is -4.04. The van der Waals surface area contributed by atoms with Crippen LogP contribution in [0.2, 0.25) is 0 Å². The van der Waals surface area contributed by atoms with Gasteiger partial charge in [-0.25, -0.2) is 0 Å². The van der Waals surface area contributed by atoms with Crippen LogP contribution in [0.15, 0.2) is 84.9 Å². The average molecular weight is 518 g/mol. The topological polar surface area (TPSA) is 96.5 Å². The molecule has 0 aromatic heterocycles. The Morgan fingerprint density at radius 3 is 2.14 bits per heavy atom. The Morgan fingerprint density at radius 1 is 0.757 bits per heavy atom. The molecule has 8 heteroatoms. The summed E-state index contributed by atoms with van der Waals surface area (Å²) in [4.78, 5) is 36.9. The highest BCUT2D eigenvalue weighted by molar-refractivity contribution is 7.80. The van der Waals surface area contributed by atoms with Crippen molar-refractivity contribution in [3.63, 3.8) is 0 Å². The van der Waals surface area contributed by atoms with E-state index < -0.39 is 0 Å². The van der Waals surface area contributed by atoms with Crippen molar-refractivity contribution in [2.24, 2.45) is 0 Å². The molecule has 0 aliphatic heterocycles. The largest absolute Gasteiger partial charge is 0.466 e. The number of hydrogen-bond donors (Lipinski definition) is 3. The van der Waals surface area contributed by atoms with E-state index in [4.69, 9.17) is 17.0 Å². The number of nitrogens with one attached hydrogen (secondary N) is 3. The second kappa shape index (κ2) is 15.2. The number of rotatable bonds is 12. The zero-order chi connectivity index (χ0) is 26.3. The molecule has 2 amide bonds. The number of hydrogen-bond acceptors (Lipinski definition) is 5. The summed E-state index contributed by atoms with van der Waals surface area (Å²) in [5.41, 5.74) is 3.08. The summed E-state index contributed by atoms with van der Waals surface area (Å²) in [5.74, 6) is -0.902. The molecule has 0 unspecified atom stereocenters. The molecule has 0 fully saturated rings. The normalized spacial score (nSPS) is 10.3. The molecule has 3 aromatic carbocycles. The smallest absolute Gasteiger partial charge is 0.305 e. The number of para-hydroxylation sites is 1. The van der Waals surface area contributed by atoms with Crippen molar-refractivity contribution in [2.45, 2.75) is 38.6 Å². The van der Waals surface area contributed by atoms with Crippen molar-refractivity contribution in [3.8, 4) is 0 Å². The maximum absolute atomic E-state index is 12.7. The maximum atomic E-state index is 12.7. The van der Waals surface area contributed by atoms with Gasteiger partial charge in [-0.15, -0.1) is 0 Å². The Kier molecular flexibility index (Phi) is 11.3. The summed E-state index contributed by atoms with van der Waals surface area (Å²) in [5, 5.41) is 8.47. The molecule has 0 bridgehead atoms. The van der Waals surface area contributed by atoms with Crippen molar-refractivity contribution in [1.29, 1.82) is 0 Å². The summed E-state index contributed by atoms with van der Waals surface area (Å²) in [7, 11) is 0. The third-order valence-electron chi connectivity index (χ3n) is 5.47. The van der Waals surface area contributed by atoms with E-state index in [9.17, 15) is 14.4 Å². The van der Waals surface area contributed by atoms with E-state index in [2.05, 4.69) is 16.0 Å². The monoisotopic (exact) mass is 517 g/mol. The number of ether oxygens (including phenoxy) is 1. The molecule has 0 aliphatic rings. The Bertz CT molecular complexity index is 1190. The van der Waals surface area contributed by atoms with Crippen LogP contribution in [0.5, 0.6) is 0 Å². The highest BCUT2D eigenvalue weighted by Gasteiger charge is 2.13. The quantitative estimate of drug-likeness (QED) is 0.182. The van der Waals surface area contributed by atoms with Crippen LogP contribution in [0.1, 0.15) is 47.2 Å². The van der Waals surface area contributed by atoms with Crippen LogP contribution in [0.3, 0.4) is 0 Å². The SMILES string of the molecule is O=C(CCCC(=O)OCCCc1ccccc1)NC(=S)Nc1ccccc1C(=O)NCc1ccccc1. The number of esters is 1. The highest BCUT2D eigenvalue weighted by Crippen LogP contribution is 2.15. The van der Waals surface area contributed by atoms with E-state index in [0.717, 1.165) is 18.4 Å². The lowest BCUT2D eigenvalue weighted by Gasteiger charge is -2.13. The van der Waals surface area contributed by atoms with Gasteiger partial charge in [0.2, 0.25) is 5.91 Å². The first-order valence-corrected chi connectivity index (χ1v) is 12.6. The second-order valence-electron chi connectivity index (χ2n) is 8.38. The number of benzene rings is 3. The van der Waals surface area contributed by atoms with E-state index in [0.29, 0.717) is 30.8 Å². The lowest BCUT2D eigenvalue weighted by Crippen LogP contribution is -2.35. The minimum atomic E-state index is -0.322. The summed E-state index contributed by atoms with van der Waals surface area (Å²) in [6.45, 7) is 0.747. The third-order valence-corrected chi connectivity index (χ3v) is 5.67. The maximum Gasteiger partial charge on any atom is 0.305 e. The predicted octanol–water partition coefficient (Wildman–Crippen LogP) is 4.78. The molecule has 0 radical (unpaired) electrons. The Balaban J connectivity index is 1.34. The molecule has 7 nitrogen and oxygen atoms in total. The highest BCUT2D eigenvalue weighted by atomic mass is 32.1. The number of aryl methyl sites for hydroxylation is 1. The van der Waals surface area contributed by atoms with Crippen molar-refractivity contribution < 1.29 is 19.1 Å². The molecular formula is C29H31N3O4S. The van der Waals surface area contributed by atoms with Gasteiger partial charge in [0.05, 0.1) is 17.9 Å². The zero-order valence-corrected chi connectivity index (χ0v) is 21.4. The molecule has 0 heterocycles. The molecule has 0 spiro atoms. The van der Waals surface area contributed by atoms with E-state index in [1.54, 1.807) is 24.3 Å². The lowest BCUT2D eigenvalue weighted by atomic mass is 10.1. The minimum Gasteiger partial charge on any atom is -0.466 e. The first-order chi connectivity index (χ1) is 18.0. The molecule has 3 N–H and O–H groups in total. The molecular weight excluding hydrogens is 486 g/mol. The van der Waals surface area contributed by atoms with Crippen LogP contribution in [-0.2, 0) is 27.3 Å². The van der Waals surface area contributed by atoms with Gasteiger partial charge in [0.15, 0.2) is 5.11 Å². The van der Waals surface area contributed by atoms with E-state index >= 15 is 0 Å². The van der Waals surface area contributed by atoms with Crippen LogP contribution < -0.4 is 16.0 Å². The first kappa shape index (κ1) is 27.5. The van der Waals surface area contributed by atoms with Crippen molar-refractivity contribution in [3.05, 3.63) is 102 Å². The van der Waals surface area contributed by atoms with Gasteiger partial charge in [-0.05, 0) is 54.7 Å². The van der Waals surface area contributed by atoms with Gasteiger partial charge in [-0.2, -0.15) is 0 Å². The van der Waals surface area contributed by atoms with E-state index in [-0.39, 0.29) is 35.7 Å². The van der Waals surface area contributed by atoms with Gasteiger partial charge in [0, 0.05) is 19.4 Å². The van der Waals surface area contributed by atoms with Crippen molar-refractivity contribution in [2.75, 3.05) is 11.9 Å². The van der Waals surface area contributed by atoms with E-state index in [1.165, 1.54) is 5.56 Å². The fourth-order valence-corrected chi connectivity index (χ4v) is 3.80. The van der Waals surface area contributed by atoms with Gasteiger partial charge in [0.1, 0.15) is 0 Å². The Morgan fingerprint density at radius 2 is 1.41 bits per heavy atom. The molecule has 0 saturated carbocycles. The molecule has 3 aromatic rings. The van der Waals surface area contributed by atoms with Crippen LogP contribution in [0.25, 0.3) is 0 Å². The Labute approximate surface area is 222 Å². The summed E-state index contributed by atoms with van der Waals surface area (Å²) in [6, 6.07) is 26.5. The molecule has 0 aliphatic carbocycles. The summed E-state index contributed by atoms with van der Waals surface area (Å²) >= 11 is 5.25. The summed E-state index contributed by atoms with van der Waals surface area (Å²) in [6.07, 6.45) is 2.23. The second-order valence-corrected chi connectivity index (χ2v) is 8.79. The van der Waals surface area contributed by atoms with E-state index in [1.807, 2.05) is 60.7 Å². The van der Waals surface area contributed by atoms with Gasteiger partial charge in [-0.1, -0.05) is 72.8 Å². The molecule has 3 rings (SSSR count). The fraction of sp³-hybridized carbons (Fsp3) is 0.241. The average Bonchev–Trinajstić information content (AvgIpc) is 2.91.